The van der Waals surface area contributed by atoms with Gasteiger partial charge in [-0.25, -0.2) is 0 Å². The van der Waals surface area contributed by atoms with Gasteiger partial charge in [0.15, 0.2) is 0 Å². The fourth-order valence-corrected chi connectivity index (χ4v) is 18.1. The van der Waals surface area contributed by atoms with Crippen molar-refractivity contribution in [2.75, 3.05) is 9.80 Å². The summed E-state index contributed by atoms with van der Waals surface area (Å²) in [5.74, 6) is 0. The van der Waals surface area contributed by atoms with Gasteiger partial charge in [-0.2, -0.15) is 0 Å². The molecule has 1 aromatic heterocycles. The monoisotopic (exact) mass is 1280 g/mol. The molecule has 0 N–H and O–H groups in total. The lowest BCUT2D eigenvalue weighted by Crippen LogP contribution is -2.26. The maximum Gasteiger partial charge on any atom is 0.143 e. The minimum absolute atomic E-state index is 0.426. The van der Waals surface area contributed by atoms with Crippen LogP contribution in [0, 0.1) is 0 Å². The Kier molecular flexibility index (Phi) is 12.5. The summed E-state index contributed by atoms with van der Waals surface area (Å²) < 4.78 is 7.25. The second kappa shape index (κ2) is 22.2. The van der Waals surface area contributed by atoms with Gasteiger partial charge in [-0.15, -0.1) is 0 Å². The summed E-state index contributed by atoms with van der Waals surface area (Å²) in [5, 5.41) is 2.16. The number of furan rings is 1. The van der Waals surface area contributed by atoms with E-state index in [0.717, 1.165) is 78.3 Å². The Morgan fingerprint density at radius 2 is 0.436 bits per heavy atom. The molecule has 1 heterocycles. The zero-order chi connectivity index (χ0) is 66.3. The van der Waals surface area contributed by atoms with Crippen LogP contribution in [-0.4, -0.2) is 0 Å². The van der Waals surface area contributed by atoms with Crippen molar-refractivity contribution in [1.82, 2.24) is 0 Å². The average Bonchev–Trinajstić information content (AvgIpc) is 1.52. The van der Waals surface area contributed by atoms with Crippen LogP contribution in [-0.2, 0) is 10.8 Å². The Hall–Kier alpha value is -13.1. The average molecular weight is 1280 g/mol. The lowest BCUT2D eigenvalue weighted by molar-refractivity contribution is 0.671. The molecule has 2 spiro atoms. The van der Waals surface area contributed by atoms with Crippen molar-refractivity contribution in [3.05, 3.63) is 421 Å². The second-order valence-corrected chi connectivity index (χ2v) is 27.3. The van der Waals surface area contributed by atoms with Crippen molar-refractivity contribution in [3.63, 3.8) is 0 Å². The number of benzene rings is 16. The fourth-order valence-electron chi connectivity index (χ4n) is 18.1. The molecule has 4 aliphatic carbocycles. The fraction of sp³-hybridized carbons (Fsp3) is 0.0204. The molecule has 0 amide bonds. The van der Waals surface area contributed by atoms with E-state index in [9.17, 15) is 0 Å². The van der Waals surface area contributed by atoms with Gasteiger partial charge < -0.3 is 14.2 Å². The maximum absolute atomic E-state index is 7.25. The van der Waals surface area contributed by atoms with Crippen LogP contribution in [0.15, 0.2) is 381 Å². The van der Waals surface area contributed by atoms with Gasteiger partial charge in [0.05, 0.1) is 10.8 Å². The summed E-state index contributed by atoms with van der Waals surface area (Å²) in [4.78, 5) is 4.84. The Balaban J connectivity index is 0.655. The highest BCUT2D eigenvalue weighted by Gasteiger charge is 2.53. The van der Waals surface area contributed by atoms with E-state index in [1.54, 1.807) is 0 Å². The van der Waals surface area contributed by atoms with Gasteiger partial charge in [-0.1, -0.05) is 303 Å². The largest absolute Gasteiger partial charge is 0.455 e. The first-order chi connectivity index (χ1) is 50.1. The molecule has 0 aliphatic heterocycles. The van der Waals surface area contributed by atoms with E-state index in [-0.39, 0.29) is 0 Å². The van der Waals surface area contributed by atoms with Crippen LogP contribution in [0.3, 0.4) is 0 Å². The van der Waals surface area contributed by atoms with Crippen LogP contribution in [0.5, 0.6) is 0 Å². The first-order valence-electron chi connectivity index (χ1n) is 35.0. The highest BCUT2D eigenvalue weighted by Crippen LogP contribution is 2.65. The van der Waals surface area contributed by atoms with E-state index in [4.69, 9.17) is 4.42 Å². The molecule has 16 aromatic carbocycles. The van der Waals surface area contributed by atoms with Gasteiger partial charge in [-0.3, -0.25) is 0 Å². The Morgan fingerprint density at radius 3 is 0.822 bits per heavy atom. The molecule has 0 saturated carbocycles. The number of hydrogen-bond acceptors (Lipinski definition) is 3. The van der Waals surface area contributed by atoms with Gasteiger partial charge in [0, 0.05) is 56.0 Å². The molecule has 17 aromatic rings. The number of hydrogen-bond donors (Lipinski definition) is 0. The Morgan fingerprint density at radius 1 is 0.168 bits per heavy atom. The second-order valence-electron chi connectivity index (χ2n) is 27.3. The molecule has 0 radical (unpaired) electrons. The topological polar surface area (TPSA) is 19.6 Å². The van der Waals surface area contributed by atoms with E-state index in [1.165, 1.54) is 111 Å². The van der Waals surface area contributed by atoms with Crippen LogP contribution in [0.2, 0.25) is 0 Å². The van der Waals surface area contributed by atoms with Gasteiger partial charge in [0.25, 0.3) is 0 Å². The van der Waals surface area contributed by atoms with Crippen LogP contribution >= 0.6 is 0 Å². The highest BCUT2D eigenvalue weighted by atomic mass is 16.3. The third kappa shape index (κ3) is 8.29. The number of fused-ring (bicyclic) bond motifs is 23. The van der Waals surface area contributed by atoms with Crippen molar-refractivity contribution in [2.24, 2.45) is 0 Å². The Bertz CT molecular complexity index is 6080. The Labute approximate surface area is 587 Å². The standard InChI is InChI=1S/C98H62N2O/c1-3-21-63(22-4-1)65-41-49-69(50-42-65)99(73-58-60-93-86(61-73)82-30-12-18-40-92(82)97(93)87-35-13-7-25-77(87)78-26-8-14-36-88(78)97)71-53-45-67(46-54-71)75-31-19-33-84-85-34-20-32-76(96(85)101-95(75)84)68-47-55-72(56-48-68)100(70-51-43-66(44-52-70)64-23-5-2-6-24-64)74-57-59-83-81-29-11-17-39-91(81)98(94(83)62-74)89-37-15-9-27-79(89)80-28-10-16-38-90(80)98/h1-62H. The molecule has 21 rings (SSSR count). The summed E-state index contributed by atoms with van der Waals surface area (Å²) in [5.41, 5.74) is 37.1. The number of anilines is 6. The molecule has 101 heavy (non-hydrogen) atoms. The number of nitrogens with zero attached hydrogens (tertiary/aromatic N) is 2. The molecule has 0 atom stereocenters. The molecule has 0 bridgehead atoms. The predicted octanol–water partition coefficient (Wildman–Crippen LogP) is 25.9. The first-order valence-corrected chi connectivity index (χ1v) is 35.0. The minimum Gasteiger partial charge on any atom is -0.455 e. The van der Waals surface area contributed by atoms with Gasteiger partial charge in [0.2, 0.25) is 0 Å². The quantitative estimate of drug-likeness (QED) is 0.136. The normalized spacial score (nSPS) is 13.3. The van der Waals surface area contributed by atoms with E-state index in [0.29, 0.717) is 0 Å². The van der Waals surface area contributed by atoms with Crippen molar-refractivity contribution in [3.8, 4) is 89.0 Å². The van der Waals surface area contributed by atoms with Crippen LogP contribution in [0.4, 0.5) is 34.1 Å². The minimum atomic E-state index is -0.478. The zero-order valence-corrected chi connectivity index (χ0v) is 55.1. The first kappa shape index (κ1) is 57.0. The highest BCUT2D eigenvalue weighted by molar-refractivity contribution is 6.13. The summed E-state index contributed by atoms with van der Waals surface area (Å²) in [6, 6.07) is 139. The molecular weight excluding hydrogens is 1220 g/mol. The van der Waals surface area contributed by atoms with Crippen molar-refractivity contribution >= 4 is 56.1 Å². The molecular formula is C98H62N2O. The van der Waals surface area contributed by atoms with Gasteiger partial charge in [-0.05, 0) is 195 Å². The summed E-state index contributed by atoms with van der Waals surface area (Å²) in [6.07, 6.45) is 0. The summed E-state index contributed by atoms with van der Waals surface area (Å²) in [6.45, 7) is 0. The molecule has 0 unspecified atom stereocenters. The molecule has 470 valence electrons. The zero-order valence-electron chi connectivity index (χ0n) is 55.1. The molecule has 3 nitrogen and oxygen atoms in total. The van der Waals surface area contributed by atoms with Crippen molar-refractivity contribution < 1.29 is 4.42 Å². The maximum atomic E-state index is 7.25. The molecule has 3 heteroatoms. The third-order valence-corrected chi connectivity index (χ3v) is 22.3. The van der Waals surface area contributed by atoms with Crippen LogP contribution in [0.1, 0.15) is 44.5 Å². The predicted molar refractivity (Wildman–Crippen MR) is 417 cm³/mol. The lowest BCUT2D eigenvalue weighted by atomic mass is 9.70. The van der Waals surface area contributed by atoms with E-state index in [2.05, 4.69) is 386 Å². The lowest BCUT2D eigenvalue weighted by Gasteiger charge is -2.32. The number of rotatable bonds is 10. The van der Waals surface area contributed by atoms with Crippen LogP contribution in [0.25, 0.3) is 111 Å². The number of para-hydroxylation sites is 2. The van der Waals surface area contributed by atoms with Gasteiger partial charge in [0.1, 0.15) is 11.2 Å². The third-order valence-electron chi connectivity index (χ3n) is 22.3. The van der Waals surface area contributed by atoms with Gasteiger partial charge >= 0.3 is 0 Å². The summed E-state index contributed by atoms with van der Waals surface area (Å²) in [7, 11) is 0. The molecule has 0 fully saturated rings. The summed E-state index contributed by atoms with van der Waals surface area (Å²) >= 11 is 0. The molecule has 4 aliphatic rings. The van der Waals surface area contributed by atoms with Crippen molar-refractivity contribution in [2.45, 2.75) is 10.8 Å². The smallest absolute Gasteiger partial charge is 0.143 e. The van der Waals surface area contributed by atoms with Crippen molar-refractivity contribution in [1.29, 1.82) is 0 Å². The van der Waals surface area contributed by atoms with E-state index in [1.807, 2.05) is 0 Å². The molecule has 0 saturated heterocycles. The SMILES string of the molecule is c1ccc(-c2ccc(N(c3ccc(-c4cccc5c4oc4c(-c6ccc(N(c7ccc(-c8ccccc8)cc7)c7ccc8c(c7)C7(c9ccccc9-c9ccccc97)c7ccccc7-8)cc6)cccc45)cc3)c3ccc4c(c3)-c3ccccc3C43c4ccccc4-c4ccccc43)cc2)cc1. The van der Waals surface area contributed by atoms with E-state index >= 15 is 0 Å². The van der Waals surface area contributed by atoms with Crippen LogP contribution < -0.4 is 9.80 Å². The van der Waals surface area contributed by atoms with E-state index < -0.39 is 10.8 Å².